The lowest BCUT2D eigenvalue weighted by atomic mass is 9.76. The quantitative estimate of drug-likeness (QED) is 0.787. The summed E-state index contributed by atoms with van der Waals surface area (Å²) in [6, 6.07) is 0. The van der Waals surface area contributed by atoms with E-state index >= 15 is 0 Å². The summed E-state index contributed by atoms with van der Waals surface area (Å²) in [7, 11) is 0. The van der Waals surface area contributed by atoms with Crippen molar-refractivity contribution in [1.29, 1.82) is 0 Å². The first-order chi connectivity index (χ1) is 9.04. The molecule has 0 bridgehead atoms. The van der Waals surface area contributed by atoms with E-state index in [9.17, 15) is 0 Å². The third-order valence-corrected chi connectivity index (χ3v) is 4.72. The first-order valence-corrected chi connectivity index (χ1v) is 8.46. The third-order valence-electron chi connectivity index (χ3n) is 4.72. The van der Waals surface area contributed by atoms with Crippen LogP contribution in [0.1, 0.15) is 72.1 Å². The topological polar surface area (TPSA) is 29.3 Å². The molecule has 0 aromatic carbocycles. The van der Waals surface area contributed by atoms with Gasteiger partial charge in [-0.15, -0.1) is 0 Å². The van der Waals surface area contributed by atoms with Gasteiger partial charge in [0.15, 0.2) is 0 Å². The van der Waals surface area contributed by atoms with Crippen LogP contribution in [0.2, 0.25) is 0 Å². The van der Waals surface area contributed by atoms with Gasteiger partial charge in [0.05, 0.1) is 0 Å². The Kier molecular flexibility index (Phi) is 8.01. The van der Waals surface area contributed by atoms with Crippen molar-refractivity contribution in [1.82, 2.24) is 4.90 Å². The minimum Gasteiger partial charge on any atom is -0.330 e. The van der Waals surface area contributed by atoms with E-state index in [4.69, 9.17) is 5.73 Å². The fraction of sp³-hybridized carbons (Fsp3) is 1.00. The van der Waals surface area contributed by atoms with Crippen LogP contribution in [0, 0.1) is 11.3 Å². The molecular weight excluding hydrogens is 232 g/mol. The van der Waals surface area contributed by atoms with Crippen molar-refractivity contribution in [3.63, 3.8) is 0 Å². The maximum absolute atomic E-state index is 5.77. The van der Waals surface area contributed by atoms with E-state index < -0.39 is 0 Å². The molecule has 0 aromatic heterocycles. The molecule has 0 radical (unpaired) electrons. The molecule has 1 atom stereocenters. The maximum atomic E-state index is 5.77. The summed E-state index contributed by atoms with van der Waals surface area (Å²) < 4.78 is 0. The Morgan fingerprint density at radius 2 is 1.53 bits per heavy atom. The van der Waals surface area contributed by atoms with Gasteiger partial charge in [-0.25, -0.2) is 0 Å². The van der Waals surface area contributed by atoms with Crippen LogP contribution in [0.4, 0.5) is 0 Å². The van der Waals surface area contributed by atoms with E-state index in [1.54, 1.807) is 0 Å². The Labute approximate surface area is 121 Å². The molecule has 2 nitrogen and oxygen atoms in total. The number of hydrogen-bond acceptors (Lipinski definition) is 2. The number of hydrogen-bond donors (Lipinski definition) is 1. The van der Waals surface area contributed by atoms with Gasteiger partial charge in [0.2, 0.25) is 0 Å². The van der Waals surface area contributed by atoms with Crippen LogP contribution in [-0.4, -0.2) is 31.1 Å². The second-order valence-electron chi connectivity index (χ2n) is 7.39. The second kappa shape index (κ2) is 8.97. The fourth-order valence-corrected chi connectivity index (χ4v) is 3.31. The van der Waals surface area contributed by atoms with Crippen LogP contribution >= 0.6 is 0 Å². The van der Waals surface area contributed by atoms with Crippen LogP contribution < -0.4 is 5.73 Å². The predicted molar refractivity (Wildman–Crippen MR) is 85.4 cm³/mol. The average molecular weight is 268 g/mol. The lowest BCUT2D eigenvalue weighted by Gasteiger charge is -2.32. The number of likely N-dealkylation sites (tertiary alicyclic amines) is 1. The van der Waals surface area contributed by atoms with Crippen LogP contribution in [0.25, 0.3) is 0 Å². The van der Waals surface area contributed by atoms with Crippen LogP contribution in [0.3, 0.4) is 0 Å². The van der Waals surface area contributed by atoms with Crippen LogP contribution in [-0.2, 0) is 0 Å². The molecule has 114 valence electrons. The van der Waals surface area contributed by atoms with E-state index in [2.05, 4.69) is 25.7 Å². The molecule has 1 saturated heterocycles. The highest BCUT2D eigenvalue weighted by Crippen LogP contribution is 2.32. The zero-order chi connectivity index (χ0) is 14.1. The van der Waals surface area contributed by atoms with E-state index in [1.807, 2.05) is 0 Å². The lowest BCUT2D eigenvalue weighted by Crippen LogP contribution is -2.30. The normalized spacial score (nSPS) is 20.8. The SMILES string of the molecule is CC(C)(C)C(CCN)CCCN1CCCCCCC1. The van der Waals surface area contributed by atoms with Gasteiger partial charge in [0.25, 0.3) is 0 Å². The molecule has 0 saturated carbocycles. The Bertz CT molecular complexity index is 212. The smallest absolute Gasteiger partial charge is 0.00186 e. The Morgan fingerprint density at radius 1 is 0.947 bits per heavy atom. The number of rotatable bonds is 6. The molecule has 19 heavy (non-hydrogen) atoms. The summed E-state index contributed by atoms with van der Waals surface area (Å²) in [5.41, 5.74) is 6.18. The molecule has 1 aliphatic rings. The molecule has 2 heteroatoms. The molecule has 1 aliphatic heterocycles. The Balaban J connectivity index is 2.26. The summed E-state index contributed by atoms with van der Waals surface area (Å²) in [6.45, 7) is 11.9. The Morgan fingerprint density at radius 3 is 2.05 bits per heavy atom. The minimum atomic E-state index is 0.412. The standard InChI is InChI=1S/C17H36N2/c1-17(2,3)16(11-12-18)10-9-15-19-13-7-5-4-6-8-14-19/h16H,4-15,18H2,1-3H3. The molecule has 1 heterocycles. The summed E-state index contributed by atoms with van der Waals surface area (Å²) in [5.74, 6) is 0.784. The van der Waals surface area contributed by atoms with E-state index in [0.717, 1.165) is 12.5 Å². The average Bonchev–Trinajstić information content (AvgIpc) is 2.29. The molecule has 2 N–H and O–H groups in total. The predicted octanol–water partition coefficient (Wildman–Crippen LogP) is 4.04. The first-order valence-electron chi connectivity index (χ1n) is 8.46. The van der Waals surface area contributed by atoms with Crippen LogP contribution in [0.15, 0.2) is 0 Å². The molecule has 1 fully saturated rings. The van der Waals surface area contributed by atoms with Crippen molar-refractivity contribution >= 4 is 0 Å². The van der Waals surface area contributed by atoms with Crippen molar-refractivity contribution in [2.24, 2.45) is 17.1 Å². The van der Waals surface area contributed by atoms with Gasteiger partial charge >= 0.3 is 0 Å². The zero-order valence-corrected chi connectivity index (χ0v) is 13.6. The largest absolute Gasteiger partial charge is 0.330 e. The highest BCUT2D eigenvalue weighted by Gasteiger charge is 2.23. The summed E-state index contributed by atoms with van der Waals surface area (Å²) in [6.07, 6.45) is 11.0. The molecule has 0 spiro atoms. The van der Waals surface area contributed by atoms with Gasteiger partial charge in [0, 0.05) is 0 Å². The second-order valence-corrected chi connectivity index (χ2v) is 7.39. The first kappa shape index (κ1) is 17.0. The molecule has 0 aliphatic carbocycles. The van der Waals surface area contributed by atoms with Crippen molar-refractivity contribution in [2.75, 3.05) is 26.2 Å². The number of nitrogens with zero attached hydrogens (tertiary/aromatic N) is 1. The Hall–Kier alpha value is -0.0800. The highest BCUT2D eigenvalue weighted by molar-refractivity contribution is 4.75. The van der Waals surface area contributed by atoms with Gasteiger partial charge in [0.1, 0.15) is 0 Å². The third kappa shape index (κ3) is 7.31. The lowest BCUT2D eigenvalue weighted by molar-refractivity contribution is 0.188. The molecular formula is C17H36N2. The van der Waals surface area contributed by atoms with Crippen molar-refractivity contribution in [2.45, 2.75) is 72.1 Å². The molecule has 1 rings (SSSR count). The van der Waals surface area contributed by atoms with Crippen molar-refractivity contribution in [3.05, 3.63) is 0 Å². The monoisotopic (exact) mass is 268 g/mol. The summed E-state index contributed by atoms with van der Waals surface area (Å²) in [5, 5.41) is 0. The van der Waals surface area contributed by atoms with Gasteiger partial charge in [-0.05, 0) is 69.6 Å². The molecule has 0 amide bonds. The van der Waals surface area contributed by atoms with E-state index in [1.165, 1.54) is 71.0 Å². The zero-order valence-electron chi connectivity index (χ0n) is 13.6. The maximum Gasteiger partial charge on any atom is -0.00186 e. The molecule has 1 unspecified atom stereocenters. The van der Waals surface area contributed by atoms with E-state index in [0.29, 0.717) is 5.41 Å². The van der Waals surface area contributed by atoms with Gasteiger partial charge in [-0.1, -0.05) is 40.0 Å². The fourth-order valence-electron chi connectivity index (χ4n) is 3.31. The van der Waals surface area contributed by atoms with E-state index in [-0.39, 0.29) is 0 Å². The summed E-state index contributed by atoms with van der Waals surface area (Å²) >= 11 is 0. The highest BCUT2D eigenvalue weighted by atomic mass is 15.1. The van der Waals surface area contributed by atoms with Crippen molar-refractivity contribution < 1.29 is 0 Å². The van der Waals surface area contributed by atoms with Gasteiger partial charge in [-0.3, -0.25) is 0 Å². The number of nitrogens with two attached hydrogens (primary N) is 1. The van der Waals surface area contributed by atoms with Gasteiger partial charge < -0.3 is 10.6 Å². The summed E-state index contributed by atoms with van der Waals surface area (Å²) in [4.78, 5) is 2.70. The minimum absolute atomic E-state index is 0.412. The van der Waals surface area contributed by atoms with Crippen LogP contribution in [0.5, 0.6) is 0 Å². The van der Waals surface area contributed by atoms with Crippen molar-refractivity contribution in [3.8, 4) is 0 Å². The molecule has 0 aromatic rings. The van der Waals surface area contributed by atoms with Gasteiger partial charge in [-0.2, -0.15) is 0 Å².